The fourth-order valence-electron chi connectivity index (χ4n) is 2.43. The lowest BCUT2D eigenvalue weighted by Gasteiger charge is -2.30. The first-order chi connectivity index (χ1) is 9.61. The molecule has 0 radical (unpaired) electrons. The van der Waals surface area contributed by atoms with Gasteiger partial charge in [0.2, 0.25) is 11.8 Å². The van der Waals surface area contributed by atoms with Gasteiger partial charge >= 0.3 is 0 Å². The summed E-state index contributed by atoms with van der Waals surface area (Å²) in [6.45, 7) is 6.98. The van der Waals surface area contributed by atoms with Crippen molar-refractivity contribution in [3.63, 3.8) is 0 Å². The third-order valence-corrected chi connectivity index (χ3v) is 3.60. The van der Waals surface area contributed by atoms with Gasteiger partial charge in [0.25, 0.3) is 0 Å². The summed E-state index contributed by atoms with van der Waals surface area (Å²) < 4.78 is 0. The second kappa shape index (κ2) is 6.37. The molecule has 0 unspecified atom stereocenters. The smallest absolute Gasteiger partial charge is 0.242 e. The summed E-state index contributed by atoms with van der Waals surface area (Å²) in [6.07, 6.45) is 2.52. The fraction of sp³-hybridized carbons (Fsp3) is 0.375. The maximum Gasteiger partial charge on any atom is 0.242 e. The molecule has 4 nitrogen and oxygen atoms in total. The molecule has 1 aliphatic heterocycles. The van der Waals surface area contributed by atoms with Crippen LogP contribution in [-0.2, 0) is 22.6 Å². The summed E-state index contributed by atoms with van der Waals surface area (Å²) in [4.78, 5) is 27.1. The summed E-state index contributed by atoms with van der Waals surface area (Å²) in [5.41, 5.74) is 2.51. The number of amides is 2. The van der Waals surface area contributed by atoms with E-state index in [4.69, 9.17) is 0 Å². The second-order valence-corrected chi connectivity index (χ2v) is 5.02. The predicted octanol–water partition coefficient (Wildman–Crippen LogP) is 1.61. The first-order valence-electron chi connectivity index (χ1n) is 6.82. The van der Waals surface area contributed by atoms with Crippen LogP contribution in [0.15, 0.2) is 36.9 Å². The highest BCUT2D eigenvalue weighted by Gasteiger charge is 2.22. The Bertz CT molecular complexity index is 525. The van der Waals surface area contributed by atoms with Crippen LogP contribution in [0.5, 0.6) is 0 Å². The van der Waals surface area contributed by atoms with Crippen molar-refractivity contribution in [2.45, 2.75) is 19.9 Å². The molecule has 0 aromatic heterocycles. The maximum absolute atomic E-state index is 12.3. The molecule has 0 bridgehead atoms. The van der Waals surface area contributed by atoms with Crippen LogP contribution in [0.3, 0.4) is 0 Å². The zero-order chi connectivity index (χ0) is 14.5. The van der Waals surface area contributed by atoms with Crippen LogP contribution >= 0.6 is 0 Å². The van der Waals surface area contributed by atoms with E-state index in [1.165, 1.54) is 23.0 Å². The monoisotopic (exact) mass is 272 g/mol. The normalized spacial score (nSPS) is 13.6. The van der Waals surface area contributed by atoms with E-state index in [1.807, 2.05) is 17.0 Å². The van der Waals surface area contributed by atoms with Crippen molar-refractivity contribution in [2.75, 3.05) is 19.6 Å². The molecule has 1 heterocycles. The van der Waals surface area contributed by atoms with Crippen LogP contribution in [0.1, 0.15) is 18.1 Å². The highest BCUT2D eigenvalue weighted by atomic mass is 16.2. The summed E-state index contributed by atoms with van der Waals surface area (Å²) in [6, 6.07) is 8.18. The third-order valence-electron chi connectivity index (χ3n) is 3.60. The molecule has 0 saturated heterocycles. The minimum Gasteiger partial charge on any atom is -0.336 e. The minimum absolute atomic E-state index is 0.00319. The Morgan fingerprint density at radius 3 is 2.70 bits per heavy atom. The number of hydrogen-bond acceptors (Lipinski definition) is 2. The standard InChI is InChI=1S/C16H20N2O2/c1-3-9-17(13(2)19)12-16(20)18-10-8-14-6-4-5-7-15(14)11-18/h3-7H,1,8-12H2,2H3. The van der Waals surface area contributed by atoms with Crippen LogP contribution < -0.4 is 0 Å². The molecular weight excluding hydrogens is 252 g/mol. The molecule has 0 saturated carbocycles. The molecule has 0 spiro atoms. The Kier molecular flexibility index (Phi) is 4.56. The molecule has 2 amide bonds. The van der Waals surface area contributed by atoms with Crippen molar-refractivity contribution in [3.8, 4) is 0 Å². The first kappa shape index (κ1) is 14.3. The van der Waals surface area contributed by atoms with Crippen LogP contribution in [0.2, 0.25) is 0 Å². The zero-order valence-corrected chi connectivity index (χ0v) is 11.8. The summed E-state index contributed by atoms with van der Waals surface area (Å²) in [5.74, 6) is -0.104. The molecule has 4 heteroatoms. The lowest BCUT2D eigenvalue weighted by Crippen LogP contribution is -2.44. The van der Waals surface area contributed by atoms with Crippen LogP contribution in [0.25, 0.3) is 0 Å². The van der Waals surface area contributed by atoms with Crippen molar-refractivity contribution in [1.82, 2.24) is 9.80 Å². The Labute approximate surface area is 119 Å². The molecule has 0 fully saturated rings. The van der Waals surface area contributed by atoms with Crippen molar-refractivity contribution < 1.29 is 9.59 Å². The Hall–Kier alpha value is -2.10. The lowest BCUT2D eigenvalue weighted by atomic mass is 10.00. The summed E-state index contributed by atoms with van der Waals surface area (Å²) in [5, 5.41) is 0. The number of carbonyl (C=O) groups excluding carboxylic acids is 2. The number of rotatable bonds is 4. The minimum atomic E-state index is -0.101. The Morgan fingerprint density at radius 2 is 2.05 bits per heavy atom. The Morgan fingerprint density at radius 1 is 1.35 bits per heavy atom. The van der Waals surface area contributed by atoms with Crippen molar-refractivity contribution in [1.29, 1.82) is 0 Å². The molecule has 20 heavy (non-hydrogen) atoms. The maximum atomic E-state index is 12.3. The second-order valence-electron chi connectivity index (χ2n) is 5.02. The quantitative estimate of drug-likeness (QED) is 0.781. The van der Waals surface area contributed by atoms with E-state index in [2.05, 4.69) is 18.7 Å². The van der Waals surface area contributed by atoms with Gasteiger partial charge in [-0.1, -0.05) is 30.3 Å². The van der Waals surface area contributed by atoms with E-state index in [0.29, 0.717) is 13.1 Å². The fourth-order valence-corrected chi connectivity index (χ4v) is 2.43. The molecule has 0 N–H and O–H groups in total. The average molecular weight is 272 g/mol. The summed E-state index contributed by atoms with van der Waals surface area (Å²) >= 11 is 0. The third kappa shape index (κ3) is 3.26. The van der Waals surface area contributed by atoms with Gasteiger partial charge in [0.15, 0.2) is 0 Å². The lowest BCUT2D eigenvalue weighted by molar-refractivity contribution is -0.139. The van der Waals surface area contributed by atoms with E-state index in [1.54, 1.807) is 6.08 Å². The van der Waals surface area contributed by atoms with Gasteiger partial charge < -0.3 is 9.80 Å². The highest BCUT2D eigenvalue weighted by Crippen LogP contribution is 2.18. The zero-order valence-electron chi connectivity index (χ0n) is 11.8. The van der Waals surface area contributed by atoms with Crippen molar-refractivity contribution >= 4 is 11.8 Å². The van der Waals surface area contributed by atoms with Gasteiger partial charge in [0, 0.05) is 26.6 Å². The number of nitrogens with zero attached hydrogens (tertiary/aromatic N) is 2. The van der Waals surface area contributed by atoms with Gasteiger partial charge in [0.05, 0.1) is 0 Å². The number of hydrogen-bond donors (Lipinski definition) is 0. The van der Waals surface area contributed by atoms with E-state index in [0.717, 1.165) is 13.0 Å². The van der Waals surface area contributed by atoms with Gasteiger partial charge in [-0.05, 0) is 17.5 Å². The van der Waals surface area contributed by atoms with Gasteiger partial charge in [0.1, 0.15) is 6.54 Å². The molecule has 0 atom stereocenters. The number of benzene rings is 1. The topological polar surface area (TPSA) is 40.6 Å². The number of fused-ring (bicyclic) bond motifs is 1. The largest absolute Gasteiger partial charge is 0.336 e. The molecule has 1 aliphatic rings. The van der Waals surface area contributed by atoms with E-state index in [-0.39, 0.29) is 18.4 Å². The predicted molar refractivity (Wildman–Crippen MR) is 78.0 cm³/mol. The van der Waals surface area contributed by atoms with Crippen molar-refractivity contribution in [2.24, 2.45) is 0 Å². The average Bonchev–Trinajstić information content (AvgIpc) is 2.46. The molecule has 1 aromatic rings. The van der Waals surface area contributed by atoms with Gasteiger partial charge in [-0.15, -0.1) is 6.58 Å². The van der Waals surface area contributed by atoms with Crippen molar-refractivity contribution in [3.05, 3.63) is 48.0 Å². The first-order valence-corrected chi connectivity index (χ1v) is 6.82. The SMILES string of the molecule is C=CCN(CC(=O)N1CCc2ccccc2C1)C(C)=O. The molecular formula is C16H20N2O2. The van der Waals surface area contributed by atoms with Gasteiger partial charge in [-0.25, -0.2) is 0 Å². The van der Waals surface area contributed by atoms with E-state index < -0.39 is 0 Å². The van der Waals surface area contributed by atoms with E-state index in [9.17, 15) is 9.59 Å². The molecule has 1 aromatic carbocycles. The van der Waals surface area contributed by atoms with Gasteiger partial charge in [-0.3, -0.25) is 9.59 Å². The Balaban J connectivity index is 2.01. The van der Waals surface area contributed by atoms with Gasteiger partial charge in [-0.2, -0.15) is 0 Å². The number of carbonyl (C=O) groups is 2. The van der Waals surface area contributed by atoms with Crippen LogP contribution in [0.4, 0.5) is 0 Å². The highest BCUT2D eigenvalue weighted by molar-refractivity contribution is 5.84. The van der Waals surface area contributed by atoms with Crippen LogP contribution in [-0.4, -0.2) is 41.2 Å². The van der Waals surface area contributed by atoms with Crippen LogP contribution in [0, 0.1) is 0 Å². The summed E-state index contributed by atoms with van der Waals surface area (Å²) in [7, 11) is 0. The molecule has 0 aliphatic carbocycles. The molecule has 106 valence electrons. The molecule has 2 rings (SSSR count). The van der Waals surface area contributed by atoms with E-state index >= 15 is 0 Å².